The van der Waals surface area contributed by atoms with E-state index in [2.05, 4.69) is 4.90 Å². The largest absolute Gasteiger partial charge is 0.396 e. The number of hydrogen-bond donors (Lipinski definition) is 1. The number of carbonyl (C=O) groups excluding carboxylic acids is 1. The Hall–Kier alpha value is -1.39. The second-order valence-corrected chi connectivity index (χ2v) is 5.14. The Morgan fingerprint density at radius 2 is 1.90 bits per heavy atom. The molecule has 0 aromatic heterocycles. The lowest BCUT2D eigenvalue weighted by atomic mass is 10.2. The molecule has 0 spiro atoms. The number of amides is 1. The average molecular weight is 278 g/mol. The summed E-state index contributed by atoms with van der Waals surface area (Å²) in [4.78, 5) is 16.4. The average Bonchev–Trinajstić information content (AvgIpc) is 2.44. The van der Waals surface area contributed by atoms with Gasteiger partial charge in [-0.3, -0.25) is 9.69 Å². The molecule has 0 aliphatic carbocycles. The molecule has 1 aromatic carbocycles. The third kappa shape index (κ3) is 4.94. The van der Waals surface area contributed by atoms with Crippen molar-refractivity contribution < 1.29 is 9.90 Å². The normalized spacial score (nSPS) is 11.1. The SMILES string of the molecule is CCN(CCCO)CC(=O)N(c1ccccc1)C(C)C. The molecule has 1 amide bonds. The maximum atomic E-state index is 12.5. The highest BCUT2D eigenvalue weighted by molar-refractivity contribution is 5.95. The van der Waals surface area contributed by atoms with Crippen molar-refractivity contribution in [1.29, 1.82) is 0 Å². The summed E-state index contributed by atoms with van der Waals surface area (Å²) in [5.74, 6) is 0.103. The molecular weight excluding hydrogens is 252 g/mol. The number of aliphatic hydroxyl groups is 1. The summed E-state index contributed by atoms with van der Waals surface area (Å²) in [7, 11) is 0. The van der Waals surface area contributed by atoms with E-state index in [9.17, 15) is 4.79 Å². The zero-order valence-corrected chi connectivity index (χ0v) is 12.7. The first kappa shape index (κ1) is 16.7. The van der Waals surface area contributed by atoms with Gasteiger partial charge in [0.25, 0.3) is 0 Å². The predicted molar refractivity (Wildman–Crippen MR) is 82.9 cm³/mol. The van der Waals surface area contributed by atoms with Gasteiger partial charge < -0.3 is 10.0 Å². The minimum atomic E-state index is 0.103. The highest BCUT2D eigenvalue weighted by atomic mass is 16.3. The van der Waals surface area contributed by atoms with Crippen LogP contribution in [0, 0.1) is 0 Å². The van der Waals surface area contributed by atoms with Gasteiger partial charge in [0, 0.05) is 24.9 Å². The van der Waals surface area contributed by atoms with Gasteiger partial charge in [-0.1, -0.05) is 25.1 Å². The number of aliphatic hydroxyl groups excluding tert-OH is 1. The number of likely N-dealkylation sites (N-methyl/N-ethyl adjacent to an activating group) is 1. The molecule has 20 heavy (non-hydrogen) atoms. The predicted octanol–water partition coefficient (Wildman–Crippen LogP) is 2.13. The van der Waals surface area contributed by atoms with Crippen LogP contribution in [-0.4, -0.2) is 48.2 Å². The molecule has 0 heterocycles. The molecule has 1 aromatic rings. The Kier molecular flexibility index (Phi) is 7.26. The Morgan fingerprint density at radius 3 is 2.40 bits per heavy atom. The summed E-state index contributed by atoms with van der Waals surface area (Å²) < 4.78 is 0. The minimum Gasteiger partial charge on any atom is -0.396 e. The molecular formula is C16H26N2O2. The van der Waals surface area contributed by atoms with Crippen LogP contribution >= 0.6 is 0 Å². The van der Waals surface area contributed by atoms with Crippen LogP contribution in [0.4, 0.5) is 5.69 Å². The monoisotopic (exact) mass is 278 g/mol. The second kappa shape index (κ2) is 8.72. The molecule has 4 nitrogen and oxygen atoms in total. The van der Waals surface area contributed by atoms with Crippen molar-refractivity contribution in [2.45, 2.75) is 33.2 Å². The number of benzene rings is 1. The maximum absolute atomic E-state index is 12.5. The fraction of sp³-hybridized carbons (Fsp3) is 0.562. The van der Waals surface area contributed by atoms with Gasteiger partial charge in [0.1, 0.15) is 0 Å². The van der Waals surface area contributed by atoms with E-state index in [0.29, 0.717) is 13.0 Å². The number of nitrogens with zero attached hydrogens (tertiary/aromatic N) is 2. The van der Waals surface area contributed by atoms with Gasteiger partial charge >= 0.3 is 0 Å². The first-order chi connectivity index (χ1) is 9.60. The molecule has 0 saturated heterocycles. The number of anilines is 1. The van der Waals surface area contributed by atoms with E-state index in [1.54, 1.807) is 0 Å². The molecule has 0 saturated carbocycles. The van der Waals surface area contributed by atoms with Gasteiger partial charge in [0.2, 0.25) is 5.91 Å². The van der Waals surface area contributed by atoms with Crippen LogP contribution in [0.3, 0.4) is 0 Å². The van der Waals surface area contributed by atoms with E-state index < -0.39 is 0 Å². The van der Waals surface area contributed by atoms with Gasteiger partial charge in [-0.2, -0.15) is 0 Å². The van der Waals surface area contributed by atoms with Crippen molar-refractivity contribution in [3.05, 3.63) is 30.3 Å². The number of para-hydroxylation sites is 1. The van der Waals surface area contributed by atoms with Crippen LogP contribution in [-0.2, 0) is 4.79 Å². The van der Waals surface area contributed by atoms with Crippen molar-refractivity contribution in [3.8, 4) is 0 Å². The molecule has 0 unspecified atom stereocenters. The van der Waals surface area contributed by atoms with Crippen LogP contribution in [0.25, 0.3) is 0 Å². The number of carbonyl (C=O) groups is 1. The lowest BCUT2D eigenvalue weighted by Gasteiger charge is -2.29. The van der Waals surface area contributed by atoms with Crippen molar-refractivity contribution >= 4 is 11.6 Å². The lowest BCUT2D eigenvalue weighted by molar-refractivity contribution is -0.120. The van der Waals surface area contributed by atoms with Crippen molar-refractivity contribution in [2.75, 3.05) is 31.1 Å². The third-order valence-electron chi connectivity index (χ3n) is 3.26. The van der Waals surface area contributed by atoms with Gasteiger partial charge in [0.05, 0.1) is 6.54 Å². The molecule has 1 N–H and O–H groups in total. The van der Waals surface area contributed by atoms with Crippen LogP contribution in [0.15, 0.2) is 30.3 Å². The van der Waals surface area contributed by atoms with Gasteiger partial charge in [0.15, 0.2) is 0 Å². The highest BCUT2D eigenvalue weighted by Gasteiger charge is 2.20. The van der Waals surface area contributed by atoms with E-state index in [-0.39, 0.29) is 18.6 Å². The molecule has 0 bridgehead atoms. The number of hydrogen-bond acceptors (Lipinski definition) is 3. The Morgan fingerprint density at radius 1 is 1.25 bits per heavy atom. The topological polar surface area (TPSA) is 43.8 Å². The van der Waals surface area contributed by atoms with E-state index in [0.717, 1.165) is 18.8 Å². The third-order valence-corrected chi connectivity index (χ3v) is 3.26. The zero-order valence-electron chi connectivity index (χ0n) is 12.7. The van der Waals surface area contributed by atoms with Crippen molar-refractivity contribution in [2.24, 2.45) is 0 Å². The van der Waals surface area contributed by atoms with Crippen molar-refractivity contribution in [3.63, 3.8) is 0 Å². The van der Waals surface area contributed by atoms with Crippen LogP contribution in [0.2, 0.25) is 0 Å². The van der Waals surface area contributed by atoms with E-state index in [4.69, 9.17) is 5.11 Å². The molecule has 112 valence electrons. The van der Waals surface area contributed by atoms with Crippen molar-refractivity contribution in [1.82, 2.24) is 4.90 Å². The lowest BCUT2D eigenvalue weighted by Crippen LogP contribution is -2.44. The second-order valence-electron chi connectivity index (χ2n) is 5.14. The maximum Gasteiger partial charge on any atom is 0.241 e. The van der Waals surface area contributed by atoms with Gasteiger partial charge in [-0.25, -0.2) is 0 Å². The molecule has 0 aliphatic rings. The minimum absolute atomic E-state index is 0.103. The van der Waals surface area contributed by atoms with Gasteiger partial charge in [-0.15, -0.1) is 0 Å². The Labute approximate surface area is 122 Å². The first-order valence-electron chi connectivity index (χ1n) is 7.30. The summed E-state index contributed by atoms with van der Waals surface area (Å²) in [6.45, 7) is 8.20. The fourth-order valence-electron chi connectivity index (χ4n) is 2.23. The molecule has 0 atom stereocenters. The molecule has 0 radical (unpaired) electrons. The molecule has 0 aliphatic heterocycles. The Bertz CT molecular complexity index is 393. The molecule has 0 fully saturated rings. The van der Waals surface area contributed by atoms with E-state index in [1.807, 2.05) is 56.0 Å². The summed E-state index contributed by atoms with van der Waals surface area (Å²) >= 11 is 0. The zero-order chi connectivity index (χ0) is 15.0. The standard InChI is InChI=1S/C16H26N2O2/c1-4-17(11-8-12-19)13-16(20)18(14(2)3)15-9-6-5-7-10-15/h5-7,9-10,14,19H,4,8,11-13H2,1-3H3. The summed E-state index contributed by atoms with van der Waals surface area (Å²) in [5.41, 5.74) is 0.936. The fourth-order valence-corrected chi connectivity index (χ4v) is 2.23. The highest BCUT2D eigenvalue weighted by Crippen LogP contribution is 2.17. The number of rotatable bonds is 8. The van der Waals surface area contributed by atoms with Crippen LogP contribution in [0.1, 0.15) is 27.2 Å². The quantitative estimate of drug-likeness (QED) is 0.792. The van der Waals surface area contributed by atoms with E-state index >= 15 is 0 Å². The smallest absolute Gasteiger partial charge is 0.241 e. The summed E-state index contributed by atoms with van der Waals surface area (Å²) in [6, 6.07) is 9.89. The molecule has 4 heteroatoms. The molecule has 1 rings (SSSR count). The van der Waals surface area contributed by atoms with Crippen LogP contribution in [0.5, 0.6) is 0 Å². The Balaban J connectivity index is 2.74. The van der Waals surface area contributed by atoms with Gasteiger partial charge in [-0.05, 0) is 38.9 Å². The summed E-state index contributed by atoms with van der Waals surface area (Å²) in [6.07, 6.45) is 0.703. The van der Waals surface area contributed by atoms with Crippen LogP contribution < -0.4 is 4.90 Å². The first-order valence-corrected chi connectivity index (χ1v) is 7.30. The van der Waals surface area contributed by atoms with E-state index in [1.165, 1.54) is 0 Å². The summed E-state index contributed by atoms with van der Waals surface area (Å²) in [5, 5.41) is 8.90.